The highest BCUT2D eigenvalue weighted by Gasteiger charge is 2.14. The molecule has 0 aliphatic heterocycles. The van der Waals surface area contributed by atoms with Gasteiger partial charge in [-0.25, -0.2) is 14.4 Å². The molecule has 1 aromatic carbocycles. The summed E-state index contributed by atoms with van der Waals surface area (Å²) in [6.45, 7) is 2.56. The predicted octanol–water partition coefficient (Wildman–Crippen LogP) is 4.38. The molecule has 3 nitrogen and oxygen atoms in total. The van der Waals surface area contributed by atoms with Gasteiger partial charge >= 0.3 is 0 Å². The van der Waals surface area contributed by atoms with Crippen LogP contribution in [0, 0.1) is 12.7 Å². The fraction of sp³-hybridized carbons (Fsp3) is 0.231. The van der Waals surface area contributed by atoms with Crippen LogP contribution in [-0.2, 0) is 12.4 Å². The minimum absolute atomic E-state index is 0.0841. The number of aryl methyl sites for hydroxylation is 1. The average molecular weight is 330 g/mol. The van der Waals surface area contributed by atoms with Crippen LogP contribution in [0.4, 0.5) is 4.39 Å². The molecule has 3 aromatic rings. The maximum absolute atomic E-state index is 13.5. The number of halogens is 3. The summed E-state index contributed by atoms with van der Waals surface area (Å²) >= 11 is 13.4. The smallest absolute Gasteiger partial charge is 0.144 e. The Hall–Kier alpha value is -1.17. The minimum Gasteiger partial charge on any atom is -0.322 e. The number of hydrogen-bond acceptors (Lipinski definition) is 3. The van der Waals surface area contributed by atoms with E-state index < -0.39 is 5.82 Å². The highest BCUT2D eigenvalue weighted by Crippen LogP contribution is 2.26. The molecule has 0 atom stereocenters. The number of thiazole rings is 1. The van der Waals surface area contributed by atoms with E-state index in [4.69, 9.17) is 23.2 Å². The highest BCUT2D eigenvalue weighted by molar-refractivity contribution is 7.09. The first-order valence-electron chi connectivity index (χ1n) is 5.89. The van der Waals surface area contributed by atoms with Crippen LogP contribution < -0.4 is 0 Å². The van der Waals surface area contributed by atoms with Crippen molar-refractivity contribution < 1.29 is 4.39 Å². The molecule has 0 saturated carbocycles. The number of imidazole rings is 1. The monoisotopic (exact) mass is 329 g/mol. The molecule has 0 N–H and O–H groups in total. The summed E-state index contributed by atoms with van der Waals surface area (Å²) in [4.78, 5) is 9.71. The van der Waals surface area contributed by atoms with Gasteiger partial charge in [-0.05, 0) is 13.0 Å². The topological polar surface area (TPSA) is 30.7 Å². The largest absolute Gasteiger partial charge is 0.322 e. The Morgan fingerprint density at radius 3 is 2.85 bits per heavy atom. The van der Waals surface area contributed by atoms with Crippen LogP contribution in [0.25, 0.3) is 11.0 Å². The van der Waals surface area contributed by atoms with Crippen molar-refractivity contribution in [3.05, 3.63) is 44.9 Å². The Kier molecular flexibility index (Phi) is 3.67. The molecule has 0 fully saturated rings. The van der Waals surface area contributed by atoms with Crippen LogP contribution in [0.3, 0.4) is 0 Å². The predicted molar refractivity (Wildman–Crippen MR) is 80.2 cm³/mol. The van der Waals surface area contributed by atoms with Gasteiger partial charge < -0.3 is 4.57 Å². The molecule has 0 saturated heterocycles. The summed E-state index contributed by atoms with van der Waals surface area (Å²) in [6.07, 6.45) is 0. The molecule has 0 bridgehead atoms. The zero-order valence-electron chi connectivity index (χ0n) is 10.5. The van der Waals surface area contributed by atoms with Crippen molar-refractivity contribution in [2.75, 3.05) is 0 Å². The van der Waals surface area contributed by atoms with E-state index in [-0.39, 0.29) is 10.9 Å². The van der Waals surface area contributed by atoms with Crippen molar-refractivity contribution in [1.82, 2.24) is 14.5 Å². The molecular weight excluding hydrogens is 320 g/mol. The number of fused-ring (bicyclic) bond motifs is 1. The van der Waals surface area contributed by atoms with E-state index in [1.165, 1.54) is 6.07 Å². The second-order valence-corrected chi connectivity index (χ2v) is 5.98. The molecule has 3 rings (SSSR count). The first kappa shape index (κ1) is 13.8. The third-order valence-electron chi connectivity index (χ3n) is 3.14. The normalized spacial score (nSPS) is 11.4. The van der Waals surface area contributed by atoms with E-state index in [9.17, 15) is 4.39 Å². The SMILES string of the molecule is Cc1ncsc1Cn1c(CCl)nc2cc(F)c(Cl)cc21. The molecule has 2 heterocycles. The second kappa shape index (κ2) is 5.31. The van der Waals surface area contributed by atoms with E-state index in [1.807, 2.05) is 11.5 Å². The van der Waals surface area contributed by atoms with Crippen molar-refractivity contribution in [2.24, 2.45) is 0 Å². The van der Waals surface area contributed by atoms with Gasteiger partial charge in [-0.15, -0.1) is 22.9 Å². The van der Waals surface area contributed by atoms with Crippen LogP contribution >= 0.6 is 34.5 Å². The lowest BCUT2D eigenvalue weighted by molar-refractivity contribution is 0.629. The molecule has 0 radical (unpaired) electrons. The summed E-state index contributed by atoms with van der Waals surface area (Å²) in [5.74, 6) is 0.473. The molecule has 0 spiro atoms. The van der Waals surface area contributed by atoms with Crippen molar-refractivity contribution in [2.45, 2.75) is 19.3 Å². The Morgan fingerprint density at radius 2 is 2.20 bits per heavy atom. The van der Waals surface area contributed by atoms with Crippen LogP contribution in [-0.4, -0.2) is 14.5 Å². The summed E-state index contributed by atoms with van der Waals surface area (Å²) in [5.41, 5.74) is 4.12. The Bertz CT molecular complexity index is 781. The van der Waals surface area contributed by atoms with Crippen LogP contribution in [0.15, 0.2) is 17.6 Å². The van der Waals surface area contributed by atoms with Crippen molar-refractivity contribution in [3.63, 3.8) is 0 Å². The zero-order chi connectivity index (χ0) is 14.3. The minimum atomic E-state index is -0.473. The number of benzene rings is 1. The Labute approximate surface area is 129 Å². The molecule has 0 aliphatic rings. The van der Waals surface area contributed by atoms with Crippen molar-refractivity contribution in [3.8, 4) is 0 Å². The molecule has 7 heteroatoms. The lowest BCUT2D eigenvalue weighted by Crippen LogP contribution is -2.03. The molecule has 20 heavy (non-hydrogen) atoms. The molecule has 0 amide bonds. The van der Waals surface area contributed by atoms with Crippen molar-refractivity contribution >= 4 is 45.6 Å². The highest BCUT2D eigenvalue weighted by atomic mass is 35.5. The van der Waals surface area contributed by atoms with Gasteiger partial charge in [-0.3, -0.25) is 0 Å². The third-order valence-corrected chi connectivity index (χ3v) is 4.58. The van der Waals surface area contributed by atoms with Gasteiger partial charge in [0, 0.05) is 10.9 Å². The Balaban J connectivity index is 2.17. The lowest BCUT2D eigenvalue weighted by atomic mass is 10.3. The summed E-state index contributed by atoms with van der Waals surface area (Å²) < 4.78 is 15.5. The van der Waals surface area contributed by atoms with Crippen LogP contribution in [0.5, 0.6) is 0 Å². The number of hydrogen-bond donors (Lipinski definition) is 0. The zero-order valence-corrected chi connectivity index (χ0v) is 12.9. The van der Waals surface area contributed by atoms with Crippen molar-refractivity contribution in [1.29, 1.82) is 0 Å². The maximum Gasteiger partial charge on any atom is 0.144 e. The van der Waals surface area contributed by atoms with Crippen LogP contribution in [0.2, 0.25) is 5.02 Å². The van der Waals surface area contributed by atoms with Gasteiger partial charge in [0.25, 0.3) is 0 Å². The second-order valence-electron chi connectivity index (χ2n) is 4.36. The molecule has 104 valence electrons. The lowest BCUT2D eigenvalue weighted by Gasteiger charge is -2.07. The molecule has 0 aliphatic carbocycles. The molecule has 2 aromatic heterocycles. The number of aromatic nitrogens is 3. The quantitative estimate of drug-likeness (QED) is 0.667. The number of nitrogens with zero attached hydrogens (tertiary/aromatic N) is 3. The summed E-state index contributed by atoms with van der Waals surface area (Å²) in [5, 5.41) is 0.0841. The molecular formula is C13H10Cl2FN3S. The molecule has 0 unspecified atom stereocenters. The number of alkyl halides is 1. The number of rotatable bonds is 3. The standard InChI is InChI=1S/C13H10Cl2FN3S/c1-7-12(20-6-17-7)5-19-11-2-8(15)9(16)3-10(11)18-13(19)4-14/h2-3,6H,4-5H2,1H3. The van der Waals surface area contributed by atoms with Gasteiger partial charge in [0.1, 0.15) is 11.6 Å². The van der Waals surface area contributed by atoms with Gasteiger partial charge in [-0.2, -0.15) is 0 Å². The van der Waals surface area contributed by atoms with Gasteiger partial charge in [-0.1, -0.05) is 11.6 Å². The first-order chi connectivity index (χ1) is 9.60. The first-order valence-corrected chi connectivity index (χ1v) is 7.68. The van der Waals surface area contributed by atoms with Gasteiger partial charge in [0.15, 0.2) is 0 Å². The van der Waals surface area contributed by atoms with E-state index >= 15 is 0 Å². The summed E-state index contributed by atoms with van der Waals surface area (Å²) in [7, 11) is 0. The fourth-order valence-electron chi connectivity index (χ4n) is 2.07. The van der Waals surface area contributed by atoms with E-state index in [1.54, 1.807) is 22.9 Å². The average Bonchev–Trinajstić information content (AvgIpc) is 2.96. The van der Waals surface area contributed by atoms with Gasteiger partial charge in [0.05, 0.1) is 39.7 Å². The third kappa shape index (κ3) is 2.30. The Morgan fingerprint density at radius 1 is 1.40 bits per heavy atom. The van der Waals surface area contributed by atoms with E-state index in [0.717, 1.165) is 16.1 Å². The fourth-order valence-corrected chi connectivity index (χ4v) is 3.20. The maximum atomic E-state index is 13.5. The van der Waals surface area contributed by atoms with E-state index in [0.29, 0.717) is 17.9 Å². The van der Waals surface area contributed by atoms with Crippen LogP contribution in [0.1, 0.15) is 16.4 Å². The van der Waals surface area contributed by atoms with E-state index in [2.05, 4.69) is 9.97 Å². The summed E-state index contributed by atoms with van der Waals surface area (Å²) in [6, 6.07) is 2.93. The van der Waals surface area contributed by atoms with Gasteiger partial charge in [0.2, 0.25) is 0 Å².